The van der Waals surface area contributed by atoms with E-state index in [9.17, 15) is 5.21 Å². The summed E-state index contributed by atoms with van der Waals surface area (Å²) in [4.78, 5) is 0. The minimum absolute atomic E-state index is 0.729. The van der Waals surface area contributed by atoms with Crippen molar-refractivity contribution < 1.29 is 4.73 Å². The molecule has 0 radical (unpaired) electrons. The molecule has 9 heavy (non-hydrogen) atoms. The average Bonchev–Trinajstić information content (AvgIpc) is 1.98. The lowest BCUT2D eigenvalue weighted by atomic mass is 10.6. The van der Waals surface area contributed by atoms with Crippen LogP contribution >= 0.6 is 0 Å². The number of hydrogen-bond donors (Lipinski definition) is 0. The van der Waals surface area contributed by atoms with E-state index >= 15 is 0 Å². The Morgan fingerprint density at radius 3 is 2.22 bits per heavy atom. The molecule has 0 amide bonds. The van der Waals surface area contributed by atoms with E-state index in [1.807, 2.05) is 17.8 Å². The molecule has 50 valence electrons. The highest BCUT2D eigenvalue weighted by atomic mass is 16.5. The topological polar surface area (TPSA) is 31.9 Å². The van der Waals surface area contributed by atoms with Gasteiger partial charge in [0.1, 0.15) is 11.9 Å². The van der Waals surface area contributed by atoms with Crippen LogP contribution in [-0.4, -0.2) is 4.57 Å². The van der Waals surface area contributed by atoms with Gasteiger partial charge < -0.3 is 5.21 Å². The van der Waals surface area contributed by atoms with E-state index in [-0.39, 0.29) is 0 Å². The first-order valence-corrected chi connectivity index (χ1v) is 2.85. The molecular weight excluding hydrogens is 116 g/mol. The highest BCUT2D eigenvalue weighted by Crippen LogP contribution is 1.92. The van der Waals surface area contributed by atoms with Crippen molar-refractivity contribution in [1.29, 1.82) is 0 Å². The summed E-state index contributed by atoms with van der Waals surface area (Å²) in [7, 11) is 1.86. The first-order valence-electron chi connectivity index (χ1n) is 2.85. The molecule has 0 fully saturated rings. The molecule has 3 heteroatoms. The average molecular weight is 126 g/mol. The molecule has 0 N–H and O–H groups in total. The number of rotatable bonds is 0. The van der Waals surface area contributed by atoms with Crippen molar-refractivity contribution in [3.63, 3.8) is 0 Å². The van der Waals surface area contributed by atoms with Crippen LogP contribution in [0.2, 0.25) is 0 Å². The Bertz CT molecular complexity index is 205. The second kappa shape index (κ2) is 1.76. The molecule has 0 aromatic carbocycles. The summed E-state index contributed by atoms with van der Waals surface area (Å²) in [5, 5.41) is 10.9. The second-order valence-electron chi connectivity index (χ2n) is 2.22. The normalized spacial score (nSPS) is 10.1. The monoisotopic (exact) mass is 126 g/mol. The van der Waals surface area contributed by atoms with Crippen LogP contribution in [0.5, 0.6) is 0 Å². The predicted molar refractivity (Wildman–Crippen MR) is 33.8 cm³/mol. The minimum Gasteiger partial charge on any atom is -0.711 e. The lowest BCUT2D eigenvalue weighted by Gasteiger charge is -1.98. The lowest BCUT2D eigenvalue weighted by Crippen LogP contribution is -2.30. The van der Waals surface area contributed by atoms with Crippen molar-refractivity contribution in [3.05, 3.63) is 22.9 Å². The summed E-state index contributed by atoms with van der Waals surface area (Å²) < 4.78 is 2.72. The molecule has 0 saturated heterocycles. The van der Waals surface area contributed by atoms with Gasteiger partial charge in [0.15, 0.2) is 0 Å². The van der Waals surface area contributed by atoms with Crippen molar-refractivity contribution in [2.45, 2.75) is 13.8 Å². The fraction of sp³-hybridized carbons (Fsp3) is 0.500. The summed E-state index contributed by atoms with van der Waals surface area (Å²) in [6.45, 7) is 3.58. The second-order valence-corrected chi connectivity index (χ2v) is 2.22. The van der Waals surface area contributed by atoms with Gasteiger partial charge in [-0.1, -0.05) is 0 Å². The third-order valence-corrected chi connectivity index (χ3v) is 1.51. The first kappa shape index (κ1) is 6.13. The third kappa shape index (κ3) is 0.781. The molecule has 0 spiro atoms. The Morgan fingerprint density at radius 1 is 1.56 bits per heavy atom. The van der Waals surface area contributed by atoms with Gasteiger partial charge in [-0.15, -0.1) is 0 Å². The first-order chi connectivity index (χ1) is 4.13. The zero-order valence-corrected chi connectivity index (χ0v) is 5.88. The molecule has 1 aromatic heterocycles. The number of nitrogens with zero attached hydrogens (tertiary/aromatic N) is 2. The van der Waals surface area contributed by atoms with Crippen LogP contribution in [0.15, 0.2) is 6.20 Å². The van der Waals surface area contributed by atoms with Crippen molar-refractivity contribution in [2.24, 2.45) is 7.05 Å². The van der Waals surface area contributed by atoms with Crippen LogP contribution in [0.3, 0.4) is 0 Å². The van der Waals surface area contributed by atoms with Crippen LogP contribution in [0.25, 0.3) is 0 Å². The third-order valence-electron chi connectivity index (χ3n) is 1.51. The quantitative estimate of drug-likeness (QED) is 0.363. The van der Waals surface area contributed by atoms with Crippen LogP contribution in [-0.2, 0) is 7.05 Å². The molecule has 0 unspecified atom stereocenters. The van der Waals surface area contributed by atoms with Gasteiger partial charge in [-0.3, -0.25) is 0 Å². The van der Waals surface area contributed by atoms with E-state index in [0.717, 1.165) is 16.2 Å². The van der Waals surface area contributed by atoms with E-state index in [0.29, 0.717) is 0 Å². The number of imidazole rings is 1. The van der Waals surface area contributed by atoms with Crippen LogP contribution in [0, 0.1) is 19.1 Å². The van der Waals surface area contributed by atoms with Gasteiger partial charge in [-0.2, -0.15) is 0 Å². The summed E-state index contributed by atoms with van der Waals surface area (Å²) in [5.74, 6) is 0.729. The minimum atomic E-state index is 0.729. The largest absolute Gasteiger partial charge is 0.711 e. The van der Waals surface area contributed by atoms with Gasteiger partial charge >= 0.3 is 0 Å². The smallest absolute Gasteiger partial charge is 0.256 e. The molecule has 1 rings (SSSR count). The molecule has 0 bridgehead atoms. The molecule has 0 aliphatic heterocycles. The Morgan fingerprint density at radius 2 is 2.11 bits per heavy atom. The number of hydrogen-bond acceptors (Lipinski definition) is 1. The summed E-state index contributed by atoms with van der Waals surface area (Å²) >= 11 is 0. The molecule has 3 nitrogen and oxygen atoms in total. The standard InChI is InChI=1S/C6H10N2O/c1-5-4-7(3)6(2)8(5)9/h4H,1-3H3. The molecule has 1 heterocycles. The predicted octanol–water partition coefficient (Wildman–Crippen LogP) is 0.275. The number of aryl methyl sites for hydroxylation is 2. The van der Waals surface area contributed by atoms with Gasteiger partial charge in [-0.25, -0.2) is 9.30 Å². The Kier molecular flexibility index (Phi) is 1.20. The van der Waals surface area contributed by atoms with Crippen LogP contribution in [0.1, 0.15) is 11.5 Å². The van der Waals surface area contributed by atoms with E-state index in [2.05, 4.69) is 0 Å². The molecule has 0 aliphatic carbocycles. The van der Waals surface area contributed by atoms with Crippen molar-refractivity contribution in [3.8, 4) is 0 Å². The van der Waals surface area contributed by atoms with Crippen molar-refractivity contribution >= 4 is 0 Å². The maximum atomic E-state index is 10.9. The molecule has 0 saturated carbocycles. The van der Waals surface area contributed by atoms with Gasteiger partial charge in [0.25, 0.3) is 5.82 Å². The summed E-state index contributed by atoms with van der Waals surface area (Å²) in [5.41, 5.74) is 0.745. The maximum absolute atomic E-state index is 10.9. The zero-order valence-electron chi connectivity index (χ0n) is 5.88. The van der Waals surface area contributed by atoms with Crippen molar-refractivity contribution in [1.82, 2.24) is 4.57 Å². The Balaban J connectivity index is 3.29. The van der Waals surface area contributed by atoms with E-state index < -0.39 is 0 Å². The Labute approximate surface area is 54.1 Å². The molecular formula is C6H10N2O. The summed E-state index contributed by atoms with van der Waals surface area (Å²) in [6.07, 6.45) is 1.81. The van der Waals surface area contributed by atoms with E-state index in [4.69, 9.17) is 0 Å². The molecule has 0 aliphatic rings. The van der Waals surface area contributed by atoms with Gasteiger partial charge in [0.2, 0.25) is 0 Å². The Hall–Kier alpha value is -0.990. The summed E-state index contributed by atoms with van der Waals surface area (Å²) in [6, 6.07) is 0. The van der Waals surface area contributed by atoms with E-state index in [1.165, 1.54) is 0 Å². The fourth-order valence-corrected chi connectivity index (χ4v) is 0.825. The van der Waals surface area contributed by atoms with Crippen LogP contribution < -0.4 is 4.73 Å². The molecule has 1 aromatic rings. The SMILES string of the molecule is Cc1cn(C)c(C)[n+]1[O-]. The highest BCUT2D eigenvalue weighted by Gasteiger charge is 2.05. The maximum Gasteiger partial charge on any atom is 0.256 e. The van der Waals surface area contributed by atoms with Crippen LogP contribution in [0.4, 0.5) is 0 Å². The zero-order chi connectivity index (χ0) is 7.02. The van der Waals surface area contributed by atoms with Gasteiger partial charge in [0, 0.05) is 13.8 Å². The van der Waals surface area contributed by atoms with Gasteiger partial charge in [-0.05, 0) is 0 Å². The lowest BCUT2D eigenvalue weighted by molar-refractivity contribution is -0.618. The molecule has 0 atom stereocenters. The van der Waals surface area contributed by atoms with Gasteiger partial charge in [0.05, 0.1) is 7.05 Å². The fourth-order valence-electron chi connectivity index (χ4n) is 0.825. The highest BCUT2D eigenvalue weighted by molar-refractivity contribution is 4.89. The number of aromatic nitrogens is 2. The van der Waals surface area contributed by atoms with Crippen molar-refractivity contribution in [2.75, 3.05) is 0 Å². The van der Waals surface area contributed by atoms with E-state index in [1.54, 1.807) is 13.8 Å².